The Labute approximate surface area is 216 Å². The molecule has 16 heteroatoms. The minimum atomic E-state index is -6.35. The third kappa shape index (κ3) is 4.51. The molecule has 0 bridgehead atoms. The first kappa shape index (κ1) is 28.4. The van der Waals surface area contributed by atoms with Crippen molar-refractivity contribution < 1.29 is 53.5 Å². The first-order valence-corrected chi connectivity index (χ1v) is 10.9. The molecule has 1 aromatic heterocycles. The summed E-state index contributed by atoms with van der Waals surface area (Å²) in [7, 11) is 0. The molecule has 1 aliphatic heterocycles. The van der Waals surface area contributed by atoms with E-state index in [1.807, 2.05) is 0 Å². The number of carbonyl (C=O) groups excluding carboxylic acids is 2. The summed E-state index contributed by atoms with van der Waals surface area (Å²) in [6.45, 7) is 0.242. The number of hydrogen-bond donors (Lipinski definition) is 0. The first-order chi connectivity index (χ1) is 17.8. The summed E-state index contributed by atoms with van der Waals surface area (Å²) in [5.74, 6) is -13.2. The summed E-state index contributed by atoms with van der Waals surface area (Å²) in [4.78, 5) is 26.4. The van der Waals surface area contributed by atoms with Gasteiger partial charge >= 0.3 is 24.2 Å². The van der Waals surface area contributed by atoms with E-state index in [0.717, 1.165) is 23.1 Å². The van der Waals surface area contributed by atoms with E-state index in [0.29, 0.717) is 0 Å². The Hall–Kier alpha value is -3.62. The number of rotatable bonds is 5. The molecule has 0 saturated carbocycles. The lowest BCUT2D eigenvalue weighted by molar-refractivity contribution is -0.292. The number of hydrogen-bond acceptors (Lipinski definition) is 3. The van der Waals surface area contributed by atoms with Crippen LogP contribution in [0.5, 0.6) is 0 Å². The number of fused-ring (bicyclic) bond motifs is 1. The Morgan fingerprint density at radius 2 is 1.44 bits per heavy atom. The normalized spacial score (nSPS) is 14.8. The molecule has 0 unspecified atom stereocenters. The Bertz CT molecular complexity index is 1490. The second-order valence-corrected chi connectivity index (χ2v) is 8.85. The fourth-order valence-electron chi connectivity index (χ4n) is 3.94. The summed E-state index contributed by atoms with van der Waals surface area (Å²) in [6, 6.07) is 6.78. The average molecular weight is 588 g/mol. The van der Waals surface area contributed by atoms with Crippen LogP contribution in [-0.4, -0.2) is 33.9 Å². The Kier molecular flexibility index (Phi) is 6.52. The number of alkyl halides is 10. The number of nitrogens with zero attached hydrogens (tertiary/aromatic N) is 3. The molecular weight excluding hydrogens is 576 g/mol. The highest BCUT2D eigenvalue weighted by Crippen LogP contribution is 2.48. The molecule has 4 rings (SSSR count). The van der Waals surface area contributed by atoms with Gasteiger partial charge in [-0.1, -0.05) is 29.8 Å². The number of aromatic nitrogens is 2. The number of benzene rings is 2. The van der Waals surface area contributed by atoms with Crippen molar-refractivity contribution in [3.8, 4) is 0 Å². The molecule has 1 aliphatic rings. The van der Waals surface area contributed by atoms with Gasteiger partial charge in [0.25, 0.3) is 11.8 Å². The predicted molar refractivity (Wildman–Crippen MR) is 115 cm³/mol. The van der Waals surface area contributed by atoms with Gasteiger partial charge in [0.1, 0.15) is 11.4 Å². The van der Waals surface area contributed by atoms with Crippen LogP contribution in [0.4, 0.5) is 49.6 Å². The molecule has 2 heterocycles. The van der Waals surface area contributed by atoms with Crippen LogP contribution in [0.2, 0.25) is 5.02 Å². The lowest BCUT2D eigenvalue weighted by Crippen LogP contribution is -2.36. The summed E-state index contributed by atoms with van der Waals surface area (Å²) < 4.78 is 133. The maximum atomic E-state index is 14.1. The smallest absolute Gasteiger partial charge is 0.268 e. The summed E-state index contributed by atoms with van der Waals surface area (Å²) in [5.41, 5.74) is -4.78. The summed E-state index contributed by atoms with van der Waals surface area (Å²) in [6.07, 6.45) is -12.7. The fraction of sp³-hybridized carbons (Fsp3) is 0.261. The van der Waals surface area contributed by atoms with Gasteiger partial charge in [-0.15, -0.1) is 0 Å². The zero-order valence-electron chi connectivity index (χ0n) is 19.1. The molecule has 0 N–H and O–H groups in total. The molecule has 0 radical (unpaired) electrons. The second kappa shape index (κ2) is 8.96. The predicted octanol–water partition coefficient (Wildman–Crippen LogP) is 7.00. The molecule has 39 heavy (non-hydrogen) atoms. The summed E-state index contributed by atoms with van der Waals surface area (Å²) >= 11 is 6.01. The third-order valence-corrected chi connectivity index (χ3v) is 6.15. The minimum Gasteiger partial charge on any atom is -0.268 e. The molecule has 0 fully saturated rings. The van der Waals surface area contributed by atoms with Gasteiger partial charge in [0.05, 0.1) is 28.4 Å². The Morgan fingerprint density at radius 3 is 1.97 bits per heavy atom. The van der Waals surface area contributed by atoms with Crippen molar-refractivity contribution in [3.63, 3.8) is 0 Å². The van der Waals surface area contributed by atoms with Gasteiger partial charge in [-0.05, 0) is 42.3 Å². The molecule has 0 spiro atoms. The van der Waals surface area contributed by atoms with Crippen molar-refractivity contribution in [2.45, 2.75) is 37.7 Å². The van der Waals surface area contributed by atoms with Crippen LogP contribution < -0.4 is 4.90 Å². The van der Waals surface area contributed by atoms with Crippen molar-refractivity contribution in [1.29, 1.82) is 0 Å². The first-order valence-electron chi connectivity index (χ1n) is 10.5. The molecule has 0 aliphatic carbocycles. The molecule has 208 valence electrons. The van der Waals surface area contributed by atoms with Crippen LogP contribution in [-0.2, 0) is 18.4 Å². The van der Waals surface area contributed by atoms with Crippen LogP contribution in [0.1, 0.15) is 43.2 Å². The van der Waals surface area contributed by atoms with E-state index in [-0.39, 0.29) is 37.6 Å². The van der Waals surface area contributed by atoms with Crippen molar-refractivity contribution in [3.05, 3.63) is 81.1 Å². The van der Waals surface area contributed by atoms with Crippen LogP contribution in [0.3, 0.4) is 0 Å². The van der Waals surface area contributed by atoms with Gasteiger partial charge < -0.3 is 0 Å². The quantitative estimate of drug-likeness (QED) is 0.239. The van der Waals surface area contributed by atoms with E-state index >= 15 is 0 Å². The van der Waals surface area contributed by atoms with E-state index in [1.165, 1.54) is 25.1 Å². The van der Waals surface area contributed by atoms with Crippen LogP contribution >= 0.6 is 11.6 Å². The van der Waals surface area contributed by atoms with Crippen molar-refractivity contribution in [2.75, 3.05) is 4.90 Å². The van der Waals surface area contributed by atoms with Gasteiger partial charge in [0, 0.05) is 0 Å². The highest BCUT2D eigenvalue weighted by Gasteiger charge is 2.64. The molecular formula is C23H12ClF10N3O2. The van der Waals surface area contributed by atoms with Gasteiger partial charge in [-0.2, -0.15) is 49.0 Å². The van der Waals surface area contributed by atoms with Gasteiger partial charge in [0.15, 0.2) is 0 Å². The maximum absolute atomic E-state index is 14.1. The molecule has 3 aromatic rings. The molecule has 5 nitrogen and oxygen atoms in total. The fourth-order valence-corrected chi connectivity index (χ4v) is 4.19. The Morgan fingerprint density at radius 1 is 0.821 bits per heavy atom. The third-order valence-electron chi connectivity index (χ3n) is 5.83. The molecule has 0 saturated heterocycles. The Balaban J connectivity index is 1.74. The van der Waals surface area contributed by atoms with Crippen LogP contribution in [0.25, 0.3) is 0 Å². The number of anilines is 1. The second-order valence-electron chi connectivity index (χ2n) is 8.45. The van der Waals surface area contributed by atoms with Crippen molar-refractivity contribution >= 4 is 29.1 Å². The zero-order valence-corrected chi connectivity index (χ0v) is 19.8. The van der Waals surface area contributed by atoms with E-state index < -0.39 is 60.0 Å². The number of aryl methyl sites for hydroxylation is 1. The molecule has 0 atom stereocenters. The monoisotopic (exact) mass is 587 g/mol. The van der Waals surface area contributed by atoms with Gasteiger partial charge in [-0.25, -0.2) is 4.90 Å². The number of imide groups is 1. The van der Waals surface area contributed by atoms with Crippen molar-refractivity contribution in [1.82, 2.24) is 9.78 Å². The van der Waals surface area contributed by atoms with Crippen LogP contribution in [0.15, 0.2) is 42.5 Å². The highest BCUT2D eigenvalue weighted by atomic mass is 35.5. The van der Waals surface area contributed by atoms with E-state index in [9.17, 15) is 53.5 Å². The largest absolute Gasteiger partial charge is 0.459 e. The number of halogens is 11. The van der Waals surface area contributed by atoms with Crippen molar-refractivity contribution in [2.24, 2.45) is 0 Å². The zero-order chi connectivity index (χ0) is 29.3. The topological polar surface area (TPSA) is 55.2 Å². The van der Waals surface area contributed by atoms with Gasteiger partial charge in [0.2, 0.25) is 0 Å². The number of amides is 2. The molecule has 2 aromatic carbocycles. The SMILES string of the molecule is Cc1cc(Cn2nc(C(F)(F)C(F)(F)F)cc2C(F)(F)C(F)(F)F)ccc1N1C(=O)c2cccc(Cl)c2C1=O. The summed E-state index contributed by atoms with van der Waals surface area (Å²) in [5, 5.41) is 2.74. The highest BCUT2D eigenvalue weighted by molar-refractivity contribution is 6.42. The molecule has 2 amide bonds. The van der Waals surface area contributed by atoms with E-state index in [2.05, 4.69) is 5.10 Å². The van der Waals surface area contributed by atoms with E-state index in [4.69, 9.17) is 11.6 Å². The minimum absolute atomic E-state index is 0.00843. The van der Waals surface area contributed by atoms with Gasteiger partial charge in [-0.3, -0.25) is 14.3 Å². The average Bonchev–Trinajstić information content (AvgIpc) is 3.33. The maximum Gasteiger partial charge on any atom is 0.459 e. The standard InChI is InChI=1S/C23H12ClF10N3O2/c1-10-7-11(5-6-14(10)37-18(38)12-3-2-4-13(24)17(12)19(37)39)9-36-16(21(27,28)23(32,33)34)8-15(35-36)20(25,26)22(29,30)31/h2-8H,9H2,1H3. The lowest BCUT2D eigenvalue weighted by atomic mass is 10.1. The lowest BCUT2D eigenvalue weighted by Gasteiger charge is -2.21. The number of carbonyl (C=O) groups is 2. The van der Waals surface area contributed by atoms with E-state index in [1.54, 1.807) is 0 Å². The van der Waals surface area contributed by atoms with Crippen LogP contribution in [0, 0.1) is 6.92 Å².